The molecule has 0 aromatic rings. The van der Waals surface area contributed by atoms with Crippen molar-refractivity contribution in [3.05, 3.63) is 0 Å². The van der Waals surface area contributed by atoms with E-state index in [9.17, 15) is 20.1 Å². The standard InChI is InChI=1S/C17H31ClN2O5S.ClH/c1-4-9-5-6-19-10(7-9)16(24)20-11(8(2)18)15-13(22)12(21)14(23)17(25-15)26-3;/h8-15,17,19,21-23H,4-7H2,1-3H3,(H,20,24);1H/t8-,9+,10-,11-,12-,13+,14+,15+,17+;/m0./s1. The number of hydrogen-bond donors (Lipinski definition) is 5. The highest BCUT2D eigenvalue weighted by Gasteiger charge is 2.48. The second kappa shape index (κ2) is 11.4. The number of alkyl halides is 1. The Morgan fingerprint density at radius 2 is 2.00 bits per heavy atom. The van der Waals surface area contributed by atoms with Crippen molar-refractivity contribution >= 4 is 41.7 Å². The predicted molar refractivity (Wildman–Crippen MR) is 109 cm³/mol. The first-order valence-corrected chi connectivity index (χ1v) is 10.9. The Morgan fingerprint density at radius 3 is 2.56 bits per heavy atom. The topological polar surface area (TPSA) is 111 Å². The molecule has 2 rings (SSSR count). The smallest absolute Gasteiger partial charge is 0.237 e. The minimum atomic E-state index is -1.36. The maximum absolute atomic E-state index is 12.7. The lowest BCUT2D eigenvalue weighted by Gasteiger charge is -2.44. The van der Waals surface area contributed by atoms with E-state index in [0.717, 1.165) is 25.8 Å². The highest BCUT2D eigenvalue weighted by Crippen LogP contribution is 2.30. The van der Waals surface area contributed by atoms with Crippen molar-refractivity contribution in [1.29, 1.82) is 0 Å². The van der Waals surface area contributed by atoms with Crippen LogP contribution in [0.25, 0.3) is 0 Å². The van der Waals surface area contributed by atoms with Crippen LogP contribution in [0.15, 0.2) is 0 Å². The zero-order valence-electron chi connectivity index (χ0n) is 15.9. The fourth-order valence-electron chi connectivity index (χ4n) is 3.66. The molecule has 0 aliphatic carbocycles. The minimum Gasteiger partial charge on any atom is -0.388 e. The number of carbonyl (C=O) groups is 1. The average Bonchev–Trinajstić information content (AvgIpc) is 2.64. The molecule has 0 aromatic carbocycles. The minimum absolute atomic E-state index is 0. The second-order valence-electron chi connectivity index (χ2n) is 7.19. The molecule has 10 heteroatoms. The fourth-order valence-corrected chi connectivity index (χ4v) is 4.54. The molecule has 2 fully saturated rings. The van der Waals surface area contributed by atoms with Crippen molar-refractivity contribution in [2.45, 2.75) is 80.4 Å². The van der Waals surface area contributed by atoms with Gasteiger partial charge in [-0.25, -0.2) is 0 Å². The molecule has 9 atom stereocenters. The molecular weight excluding hydrogens is 415 g/mol. The molecule has 2 aliphatic heterocycles. The van der Waals surface area contributed by atoms with Crippen LogP contribution in [0.1, 0.15) is 33.1 Å². The largest absolute Gasteiger partial charge is 0.388 e. The SMILES string of the molecule is CC[C@@H]1CCN[C@H](C(=O)N[C@H]([C@H]2O[C@H](SC)[C@H](O)[C@@H](O)[C@H]2O)[C@H](C)Cl)C1.Cl. The summed E-state index contributed by atoms with van der Waals surface area (Å²) in [6, 6.07) is -1.00. The van der Waals surface area contributed by atoms with Gasteiger partial charge in [0.05, 0.1) is 17.5 Å². The van der Waals surface area contributed by atoms with Gasteiger partial charge in [0.25, 0.3) is 0 Å². The number of nitrogens with one attached hydrogen (secondary N) is 2. The van der Waals surface area contributed by atoms with E-state index in [4.69, 9.17) is 16.3 Å². The third-order valence-electron chi connectivity index (χ3n) is 5.40. The van der Waals surface area contributed by atoms with E-state index < -0.39 is 41.3 Å². The van der Waals surface area contributed by atoms with Gasteiger partial charge in [0.15, 0.2) is 0 Å². The van der Waals surface area contributed by atoms with Gasteiger partial charge in [-0.2, -0.15) is 0 Å². The zero-order chi connectivity index (χ0) is 19.4. The van der Waals surface area contributed by atoms with Crippen LogP contribution in [-0.2, 0) is 9.53 Å². The van der Waals surface area contributed by atoms with Gasteiger partial charge in [-0.3, -0.25) is 4.79 Å². The molecule has 0 unspecified atom stereocenters. The highest BCUT2D eigenvalue weighted by atomic mass is 35.5. The quantitative estimate of drug-likeness (QED) is 0.377. The Kier molecular flexibility index (Phi) is 10.7. The Hall–Kier alpha value is 0.200. The van der Waals surface area contributed by atoms with Crippen LogP contribution < -0.4 is 10.6 Å². The first-order chi connectivity index (χ1) is 12.3. The van der Waals surface area contributed by atoms with Gasteiger partial charge < -0.3 is 30.7 Å². The lowest BCUT2D eigenvalue weighted by atomic mass is 9.89. The second-order valence-corrected chi connectivity index (χ2v) is 8.82. The summed E-state index contributed by atoms with van der Waals surface area (Å²) in [4.78, 5) is 12.7. The number of halogens is 2. The highest BCUT2D eigenvalue weighted by molar-refractivity contribution is 7.99. The Bertz CT molecular complexity index is 475. The molecule has 5 N–H and O–H groups in total. The third-order valence-corrected chi connectivity index (χ3v) is 6.53. The average molecular weight is 447 g/mol. The van der Waals surface area contributed by atoms with E-state index >= 15 is 0 Å². The number of thioether (sulfide) groups is 1. The molecule has 2 saturated heterocycles. The number of piperidine rings is 1. The normalized spacial score (nSPS) is 39.1. The van der Waals surface area contributed by atoms with E-state index in [0.29, 0.717) is 5.92 Å². The Labute approximate surface area is 176 Å². The number of amides is 1. The maximum Gasteiger partial charge on any atom is 0.237 e. The molecule has 2 aliphatic rings. The summed E-state index contributed by atoms with van der Waals surface area (Å²) in [5.41, 5.74) is -0.703. The van der Waals surface area contributed by atoms with Crippen molar-refractivity contribution in [3.63, 3.8) is 0 Å². The van der Waals surface area contributed by atoms with E-state index in [1.807, 2.05) is 0 Å². The Balaban J connectivity index is 0.00000364. The molecular formula is C17H32Cl2N2O5S. The van der Waals surface area contributed by atoms with Crippen molar-refractivity contribution in [1.82, 2.24) is 10.6 Å². The molecule has 27 heavy (non-hydrogen) atoms. The summed E-state index contributed by atoms with van der Waals surface area (Å²) >= 11 is 7.51. The van der Waals surface area contributed by atoms with Crippen LogP contribution in [0.4, 0.5) is 0 Å². The Morgan fingerprint density at radius 1 is 1.33 bits per heavy atom. The first kappa shape index (κ1) is 25.2. The molecule has 0 aromatic heterocycles. The third kappa shape index (κ3) is 6.09. The lowest BCUT2D eigenvalue weighted by molar-refractivity contribution is -0.205. The molecule has 160 valence electrons. The monoisotopic (exact) mass is 446 g/mol. The van der Waals surface area contributed by atoms with Gasteiger partial charge in [0, 0.05) is 0 Å². The van der Waals surface area contributed by atoms with E-state index in [1.54, 1.807) is 13.2 Å². The summed E-state index contributed by atoms with van der Waals surface area (Å²) < 4.78 is 5.77. The summed E-state index contributed by atoms with van der Waals surface area (Å²) in [5, 5.41) is 36.1. The lowest BCUT2D eigenvalue weighted by Crippen LogP contribution is -2.65. The summed E-state index contributed by atoms with van der Waals surface area (Å²) in [5.74, 6) is 0.325. The van der Waals surface area contributed by atoms with Crippen LogP contribution in [0.5, 0.6) is 0 Å². The van der Waals surface area contributed by atoms with Crippen molar-refractivity contribution in [2.75, 3.05) is 12.8 Å². The van der Waals surface area contributed by atoms with Crippen LogP contribution in [0.2, 0.25) is 0 Å². The summed E-state index contributed by atoms with van der Waals surface area (Å²) in [6.07, 6.45) is -0.236. The van der Waals surface area contributed by atoms with Gasteiger partial charge >= 0.3 is 0 Å². The maximum atomic E-state index is 12.7. The van der Waals surface area contributed by atoms with Gasteiger partial charge in [0.1, 0.15) is 29.9 Å². The fraction of sp³-hybridized carbons (Fsp3) is 0.941. The molecule has 7 nitrogen and oxygen atoms in total. The van der Waals surface area contributed by atoms with E-state index in [1.165, 1.54) is 11.8 Å². The number of hydrogen-bond acceptors (Lipinski definition) is 7. The molecule has 0 radical (unpaired) electrons. The van der Waals surface area contributed by atoms with Crippen molar-refractivity contribution in [2.24, 2.45) is 5.92 Å². The zero-order valence-corrected chi connectivity index (χ0v) is 18.3. The number of carbonyl (C=O) groups excluding carboxylic acids is 1. The van der Waals surface area contributed by atoms with Gasteiger partial charge in [-0.15, -0.1) is 35.8 Å². The van der Waals surface area contributed by atoms with Crippen molar-refractivity contribution in [3.8, 4) is 0 Å². The number of rotatable bonds is 6. The molecule has 0 bridgehead atoms. The van der Waals surface area contributed by atoms with Gasteiger partial charge in [-0.05, 0) is 38.5 Å². The van der Waals surface area contributed by atoms with Crippen LogP contribution >= 0.6 is 35.8 Å². The van der Waals surface area contributed by atoms with Gasteiger partial charge in [0.2, 0.25) is 5.91 Å². The number of aliphatic hydroxyl groups is 3. The summed E-state index contributed by atoms with van der Waals surface area (Å²) in [7, 11) is 0. The van der Waals surface area contributed by atoms with Crippen LogP contribution in [-0.4, -0.2) is 81.3 Å². The molecule has 2 heterocycles. The van der Waals surface area contributed by atoms with E-state index in [-0.39, 0.29) is 24.4 Å². The number of ether oxygens (including phenoxy) is 1. The first-order valence-electron chi connectivity index (χ1n) is 9.20. The predicted octanol–water partition coefficient (Wildman–Crippen LogP) is 0.469. The van der Waals surface area contributed by atoms with Crippen molar-refractivity contribution < 1.29 is 24.9 Å². The van der Waals surface area contributed by atoms with Gasteiger partial charge in [-0.1, -0.05) is 13.3 Å². The van der Waals surface area contributed by atoms with Crippen LogP contribution in [0, 0.1) is 5.92 Å². The molecule has 0 saturated carbocycles. The summed E-state index contributed by atoms with van der Waals surface area (Å²) in [6.45, 7) is 4.62. The van der Waals surface area contributed by atoms with E-state index in [2.05, 4.69) is 17.6 Å². The molecule has 0 spiro atoms. The number of aliphatic hydroxyl groups excluding tert-OH is 3. The molecule has 1 amide bonds. The van der Waals surface area contributed by atoms with Crippen LogP contribution in [0.3, 0.4) is 0 Å².